The van der Waals surface area contributed by atoms with Gasteiger partial charge in [0.05, 0.1) is 6.10 Å². The van der Waals surface area contributed by atoms with Gasteiger partial charge in [-0.15, -0.1) is 0 Å². The van der Waals surface area contributed by atoms with Gasteiger partial charge in [0.25, 0.3) is 0 Å². The van der Waals surface area contributed by atoms with E-state index in [9.17, 15) is 4.79 Å². The van der Waals surface area contributed by atoms with Gasteiger partial charge in [-0.3, -0.25) is 0 Å². The Morgan fingerprint density at radius 2 is 2.05 bits per heavy atom. The van der Waals surface area contributed by atoms with Crippen LogP contribution in [-0.2, 0) is 9.47 Å². The molecular weight excluding hydrogens is 244 g/mol. The number of amides is 1. The fourth-order valence-corrected chi connectivity index (χ4v) is 2.48. The van der Waals surface area contributed by atoms with Crippen LogP contribution >= 0.6 is 0 Å². The smallest absolute Gasteiger partial charge is 0.407 e. The predicted octanol–water partition coefficient (Wildman–Crippen LogP) is 1.81. The largest absolute Gasteiger partial charge is 0.444 e. The van der Waals surface area contributed by atoms with Crippen molar-refractivity contribution in [3.05, 3.63) is 0 Å². The molecule has 2 N–H and O–H groups in total. The van der Waals surface area contributed by atoms with Crippen molar-refractivity contribution in [3.63, 3.8) is 0 Å². The Hall–Kier alpha value is -0.810. The lowest BCUT2D eigenvalue weighted by atomic mass is 9.87. The molecule has 110 valence electrons. The maximum absolute atomic E-state index is 11.6. The Morgan fingerprint density at radius 3 is 2.63 bits per heavy atom. The van der Waals surface area contributed by atoms with Crippen LogP contribution in [0, 0.1) is 0 Å². The lowest BCUT2D eigenvalue weighted by Gasteiger charge is -2.37. The van der Waals surface area contributed by atoms with Gasteiger partial charge in [0.2, 0.25) is 0 Å². The zero-order valence-corrected chi connectivity index (χ0v) is 12.2. The van der Waals surface area contributed by atoms with Gasteiger partial charge in [0, 0.05) is 25.2 Å². The second kappa shape index (κ2) is 6.09. The van der Waals surface area contributed by atoms with E-state index in [-0.39, 0.29) is 12.1 Å². The van der Waals surface area contributed by atoms with Gasteiger partial charge in [0.15, 0.2) is 0 Å². The Balaban J connectivity index is 1.54. The number of carbonyl (C=O) groups is 1. The highest BCUT2D eigenvalue weighted by molar-refractivity contribution is 5.68. The highest BCUT2D eigenvalue weighted by atomic mass is 16.6. The number of nitrogens with one attached hydrogen (secondary N) is 2. The highest BCUT2D eigenvalue weighted by Gasteiger charge is 2.32. The van der Waals surface area contributed by atoms with E-state index in [0.29, 0.717) is 12.1 Å². The summed E-state index contributed by atoms with van der Waals surface area (Å²) in [5.41, 5.74) is -0.425. The molecule has 0 aromatic rings. The Labute approximate surface area is 115 Å². The van der Waals surface area contributed by atoms with E-state index in [2.05, 4.69) is 10.6 Å². The molecule has 1 amide bonds. The second-order valence-electron chi connectivity index (χ2n) is 6.55. The quantitative estimate of drug-likeness (QED) is 0.818. The summed E-state index contributed by atoms with van der Waals surface area (Å²) in [4.78, 5) is 11.6. The molecule has 1 atom stereocenters. The number of rotatable bonds is 4. The Bertz CT molecular complexity index is 302. The minimum Gasteiger partial charge on any atom is -0.444 e. The van der Waals surface area contributed by atoms with Crippen molar-refractivity contribution < 1.29 is 14.3 Å². The molecule has 5 heteroatoms. The zero-order chi connectivity index (χ0) is 13.9. The van der Waals surface area contributed by atoms with Crippen molar-refractivity contribution in [2.45, 2.75) is 70.2 Å². The Morgan fingerprint density at radius 1 is 1.32 bits per heavy atom. The first-order valence-electron chi connectivity index (χ1n) is 7.27. The fraction of sp³-hybridized carbons (Fsp3) is 0.929. The molecule has 0 bridgehead atoms. The van der Waals surface area contributed by atoms with Crippen LogP contribution in [0.1, 0.15) is 46.5 Å². The first-order valence-corrected chi connectivity index (χ1v) is 7.27. The summed E-state index contributed by atoms with van der Waals surface area (Å²) in [7, 11) is 0. The molecule has 1 saturated heterocycles. The summed E-state index contributed by atoms with van der Waals surface area (Å²) < 4.78 is 10.8. The molecule has 1 unspecified atom stereocenters. The second-order valence-corrected chi connectivity index (χ2v) is 6.55. The lowest BCUT2D eigenvalue weighted by Crippen LogP contribution is -2.54. The number of hydrogen-bond donors (Lipinski definition) is 2. The van der Waals surface area contributed by atoms with Crippen LogP contribution in [0.15, 0.2) is 0 Å². The Kier molecular flexibility index (Phi) is 4.68. The van der Waals surface area contributed by atoms with Gasteiger partial charge in [-0.05, 0) is 46.5 Å². The lowest BCUT2D eigenvalue weighted by molar-refractivity contribution is 0.0457. The van der Waals surface area contributed by atoms with Crippen molar-refractivity contribution in [1.82, 2.24) is 10.6 Å². The zero-order valence-electron chi connectivity index (χ0n) is 12.2. The van der Waals surface area contributed by atoms with E-state index in [1.54, 1.807) is 0 Å². The van der Waals surface area contributed by atoms with E-state index in [0.717, 1.165) is 26.0 Å². The molecule has 2 fully saturated rings. The molecular formula is C14H26N2O3. The van der Waals surface area contributed by atoms with Crippen molar-refractivity contribution in [3.8, 4) is 0 Å². The van der Waals surface area contributed by atoms with Crippen LogP contribution in [0.5, 0.6) is 0 Å². The maximum atomic E-state index is 11.6. The number of hydrogen-bond acceptors (Lipinski definition) is 4. The average molecular weight is 270 g/mol. The van der Waals surface area contributed by atoms with Crippen molar-refractivity contribution >= 4 is 6.09 Å². The number of carbonyl (C=O) groups excluding carboxylic acids is 1. The van der Waals surface area contributed by atoms with Gasteiger partial charge in [-0.1, -0.05) is 0 Å². The fourth-order valence-electron chi connectivity index (χ4n) is 2.48. The standard InChI is InChI=1S/C14H26N2O3/c1-14(2,3)19-13(17)16-11-7-10(8-11)15-9-12-5-4-6-18-12/h10-12,15H,4-9H2,1-3H3,(H,16,17). The van der Waals surface area contributed by atoms with Crippen LogP contribution in [0.4, 0.5) is 4.79 Å². The molecule has 19 heavy (non-hydrogen) atoms. The normalized spacial score (nSPS) is 30.8. The molecule has 1 saturated carbocycles. The van der Waals surface area contributed by atoms with Gasteiger partial charge in [0.1, 0.15) is 5.60 Å². The third-order valence-electron chi connectivity index (χ3n) is 3.52. The van der Waals surface area contributed by atoms with Gasteiger partial charge < -0.3 is 20.1 Å². The third kappa shape index (κ3) is 4.99. The third-order valence-corrected chi connectivity index (χ3v) is 3.52. The van der Waals surface area contributed by atoms with Crippen LogP contribution in [0.3, 0.4) is 0 Å². The molecule has 0 aromatic heterocycles. The monoisotopic (exact) mass is 270 g/mol. The summed E-state index contributed by atoms with van der Waals surface area (Å²) in [5.74, 6) is 0. The summed E-state index contributed by atoms with van der Waals surface area (Å²) in [5, 5.41) is 6.39. The summed E-state index contributed by atoms with van der Waals surface area (Å²) >= 11 is 0. The minimum absolute atomic E-state index is 0.247. The number of ether oxygens (including phenoxy) is 2. The molecule has 0 radical (unpaired) electrons. The molecule has 1 aliphatic heterocycles. The van der Waals surface area contributed by atoms with Gasteiger partial charge in [-0.25, -0.2) is 4.79 Å². The summed E-state index contributed by atoms with van der Waals surface area (Å²) in [6.07, 6.45) is 4.38. The van der Waals surface area contributed by atoms with E-state index in [4.69, 9.17) is 9.47 Å². The molecule has 2 aliphatic rings. The van der Waals surface area contributed by atoms with E-state index in [1.165, 1.54) is 12.8 Å². The first-order chi connectivity index (χ1) is 8.92. The van der Waals surface area contributed by atoms with Crippen LogP contribution in [0.2, 0.25) is 0 Å². The SMILES string of the molecule is CC(C)(C)OC(=O)NC1CC(NCC2CCCO2)C1. The molecule has 1 heterocycles. The molecule has 0 aromatic carbocycles. The average Bonchev–Trinajstić information content (AvgIpc) is 2.71. The van der Waals surface area contributed by atoms with E-state index >= 15 is 0 Å². The van der Waals surface area contributed by atoms with E-state index in [1.807, 2.05) is 20.8 Å². The van der Waals surface area contributed by atoms with Crippen LogP contribution < -0.4 is 10.6 Å². The van der Waals surface area contributed by atoms with Gasteiger partial charge in [-0.2, -0.15) is 0 Å². The van der Waals surface area contributed by atoms with Gasteiger partial charge >= 0.3 is 6.09 Å². The molecule has 5 nitrogen and oxygen atoms in total. The topological polar surface area (TPSA) is 59.6 Å². The predicted molar refractivity (Wildman–Crippen MR) is 73.2 cm³/mol. The molecule has 1 aliphatic carbocycles. The van der Waals surface area contributed by atoms with Crippen molar-refractivity contribution in [2.24, 2.45) is 0 Å². The first kappa shape index (κ1) is 14.6. The summed E-state index contributed by atoms with van der Waals surface area (Å²) in [6.45, 7) is 7.46. The van der Waals surface area contributed by atoms with Crippen LogP contribution in [-0.4, -0.2) is 43.0 Å². The van der Waals surface area contributed by atoms with E-state index < -0.39 is 5.60 Å². The molecule has 2 rings (SSSR count). The number of alkyl carbamates (subject to hydrolysis) is 1. The van der Waals surface area contributed by atoms with Crippen molar-refractivity contribution in [1.29, 1.82) is 0 Å². The minimum atomic E-state index is -0.425. The molecule has 0 spiro atoms. The highest BCUT2D eigenvalue weighted by Crippen LogP contribution is 2.21. The maximum Gasteiger partial charge on any atom is 0.407 e. The summed E-state index contributed by atoms with van der Waals surface area (Å²) in [6, 6.07) is 0.751. The van der Waals surface area contributed by atoms with Crippen molar-refractivity contribution in [2.75, 3.05) is 13.2 Å². The van der Waals surface area contributed by atoms with Crippen LogP contribution in [0.25, 0.3) is 0 Å².